The molecule has 6 aliphatic carbocycles. The molecule has 6 aliphatic rings. The number of methoxy groups -OCH3 is 1. The summed E-state index contributed by atoms with van der Waals surface area (Å²) in [6, 6.07) is 11.4. The molecule has 68 heavy (non-hydrogen) atoms. The number of hydrogen-bond acceptors (Lipinski definition) is 9. The van der Waals surface area contributed by atoms with Gasteiger partial charge in [-0.25, -0.2) is 18.7 Å². The van der Waals surface area contributed by atoms with Gasteiger partial charge >= 0.3 is 0 Å². The van der Waals surface area contributed by atoms with Crippen molar-refractivity contribution in [3.8, 4) is 16.9 Å². The summed E-state index contributed by atoms with van der Waals surface area (Å²) in [6.45, 7) is 4.71. The SMILES string of the molecule is COc1cc(NC(O)CC[C@@H]2c3c[nH]nc3[C@@]3(C)CCC4c5cccc(F)c5CCC4C23)ncc1-c1ccc2c(c1F)CCC1C2CC[C@]2(C)c3n[nH]cc3[C@@H](CCC(=O)Nc3cnccn3)C12. The second-order valence-corrected chi connectivity index (χ2v) is 21.2. The summed E-state index contributed by atoms with van der Waals surface area (Å²) in [5.74, 6) is 3.18. The first-order chi connectivity index (χ1) is 33.1. The highest BCUT2D eigenvalue weighted by Gasteiger charge is 2.60. The molecule has 14 heteroatoms. The van der Waals surface area contributed by atoms with E-state index in [1.807, 2.05) is 18.3 Å². The van der Waals surface area contributed by atoms with E-state index in [1.54, 1.807) is 44.0 Å². The molecule has 12 rings (SSSR count). The van der Waals surface area contributed by atoms with Crippen LogP contribution in [0.25, 0.3) is 11.1 Å². The van der Waals surface area contributed by atoms with Crippen LogP contribution < -0.4 is 15.4 Å². The molecule has 0 aliphatic heterocycles. The maximum atomic E-state index is 17.0. The highest BCUT2D eigenvalue weighted by molar-refractivity contribution is 5.89. The minimum absolute atomic E-state index is 0.0784. The van der Waals surface area contributed by atoms with E-state index in [1.165, 1.54) is 16.7 Å². The number of rotatable bonds is 11. The molecule has 1 amide bonds. The number of H-pyrrole nitrogens is 2. The predicted molar refractivity (Wildman–Crippen MR) is 253 cm³/mol. The average Bonchev–Trinajstić information content (AvgIpc) is 4.13. The molecule has 12 nitrogen and oxygen atoms in total. The third-order valence-electron chi connectivity index (χ3n) is 18.1. The molecule has 2 aromatic carbocycles. The summed E-state index contributed by atoms with van der Waals surface area (Å²) in [5.41, 5.74) is 9.45. The van der Waals surface area contributed by atoms with Crippen molar-refractivity contribution in [1.29, 1.82) is 0 Å². The number of fused-ring (bicyclic) bond motifs is 14. The van der Waals surface area contributed by atoms with Gasteiger partial charge in [-0.05, 0) is 157 Å². The lowest BCUT2D eigenvalue weighted by molar-refractivity contribution is -0.116. The fourth-order valence-electron chi connectivity index (χ4n) is 15.4. The number of halogens is 2. The van der Waals surface area contributed by atoms with Crippen LogP contribution >= 0.6 is 0 Å². The van der Waals surface area contributed by atoms with Gasteiger partial charge in [-0.15, -0.1) is 0 Å². The van der Waals surface area contributed by atoms with Gasteiger partial charge in [0.1, 0.15) is 29.4 Å². The van der Waals surface area contributed by atoms with Gasteiger partial charge in [0.15, 0.2) is 5.82 Å². The Hall–Kier alpha value is -6.02. The maximum absolute atomic E-state index is 17.0. The zero-order chi connectivity index (χ0) is 46.5. The molecule has 7 unspecified atom stereocenters. The van der Waals surface area contributed by atoms with Gasteiger partial charge in [0.2, 0.25) is 5.91 Å². The van der Waals surface area contributed by atoms with Gasteiger partial charge in [-0.1, -0.05) is 38.1 Å². The predicted octanol–water partition coefficient (Wildman–Crippen LogP) is 10.1. The van der Waals surface area contributed by atoms with Crippen molar-refractivity contribution in [2.45, 2.75) is 132 Å². The molecule has 4 aromatic heterocycles. The number of carbonyl (C=O) groups excluding carboxylic acids is 1. The van der Waals surface area contributed by atoms with E-state index in [9.17, 15) is 14.3 Å². The summed E-state index contributed by atoms with van der Waals surface area (Å²) in [4.78, 5) is 26.1. The number of aliphatic hydroxyl groups is 1. The second-order valence-electron chi connectivity index (χ2n) is 21.2. The summed E-state index contributed by atoms with van der Waals surface area (Å²) in [5, 5.41) is 33.5. The fraction of sp³-hybridized carbons (Fsp3) is 0.481. The van der Waals surface area contributed by atoms with E-state index in [0.717, 1.165) is 79.4 Å². The molecule has 0 saturated heterocycles. The number of aliphatic hydroxyl groups excluding tert-OH is 1. The molecular weight excluding hydrogens is 861 g/mol. The lowest BCUT2D eigenvalue weighted by Crippen LogP contribution is -2.44. The number of nitrogens with zero attached hydrogens (tertiary/aromatic N) is 5. The number of pyridine rings is 1. The number of anilines is 2. The standard InChI is InChI=1S/C54H59F2N9O3/c1-53-19-17-30-28-5-4-6-42(55)32(28)8-9-33(30)48(53)35(40-25-60-64-51(40)53)13-15-46(66)62-44-23-43(68-3)39(24-59-44)38-11-7-29-31-18-20-54(2)49(34(31)10-12-37(29)50(38)56)36(41-26-61-65-52(41)54)14-16-47(67)63-45-27-57-21-22-58-45/h4-7,11,21-27,30-31,33-36,46,48-49,66H,8-10,12-20H2,1-3H3,(H,59,62)(H,60,64)(H,61,65)(H,58,63,67)/t30?,31?,33?,34?,35-,36-,46?,48?,49?,53+,54+/m1/s1. The fourth-order valence-corrected chi connectivity index (χ4v) is 15.4. The molecule has 11 atom stereocenters. The number of aromatic nitrogens is 7. The van der Waals surface area contributed by atoms with Crippen LogP contribution in [-0.4, -0.2) is 59.7 Å². The van der Waals surface area contributed by atoms with Crippen molar-refractivity contribution in [2.24, 2.45) is 23.7 Å². The van der Waals surface area contributed by atoms with Gasteiger partial charge < -0.3 is 20.5 Å². The minimum atomic E-state index is -0.883. The Balaban J connectivity index is 0.743. The molecule has 0 radical (unpaired) electrons. The Labute approximate surface area is 394 Å². The van der Waals surface area contributed by atoms with E-state index in [2.05, 4.69) is 63.0 Å². The Morgan fingerprint density at radius 2 is 1.49 bits per heavy atom. The van der Waals surface area contributed by atoms with E-state index >= 15 is 4.39 Å². The molecular formula is C54H59F2N9O3. The first-order valence-electron chi connectivity index (χ1n) is 24.8. The van der Waals surface area contributed by atoms with Crippen LogP contribution in [0.3, 0.4) is 0 Å². The lowest BCUT2D eigenvalue weighted by atomic mass is 9.53. The number of nitrogens with one attached hydrogen (secondary N) is 4. The van der Waals surface area contributed by atoms with E-state index in [4.69, 9.17) is 19.9 Å². The topological polar surface area (TPSA) is 167 Å². The van der Waals surface area contributed by atoms with Crippen LogP contribution in [0.15, 0.2) is 73.6 Å². The van der Waals surface area contributed by atoms with Gasteiger partial charge in [0.05, 0.1) is 24.7 Å². The van der Waals surface area contributed by atoms with Gasteiger partial charge in [0, 0.05) is 65.4 Å². The first-order valence-corrected chi connectivity index (χ1v) is 24.8. The quantitative estimate of drug-likeness (QED) is 0.0795. The van der Waals surface area contributed by atoms with Crippen molar-refractivity contribution >= 4 is 17.5 Å². The number of benzene rings is 2. The third kappa shape index (κ3) is 6.74. The molecule has 0 spiro atoms. The first kappa shape index (κ1) is 43.3. The van der Waals surface area contributed by atoms with Crippen LogP contribution in [0, 0.1) is 35.3 Å². The number of hydrogen-bond donors (Lipinski definition) is 5. The van der Waals surface area contributed by atoms with Crippen LogP contribution in [0.1, 0.15) is 146 Å². The summed E-state index contributed by atoms with van der Waals surface area (Å²) < 4.78 is 37.9. The van der Waals surface area contributed by atoms with Gasteiger partial charge in [-0.2, -0.15) is 10.2 Å². The summed E-state index contributed by atoms with van der Waals surface area (Å²) in [6.07, 6.45) is 18.9. The van der Waals surface area contributed by atoms with Crippen LogP contribution in [0.5, 0.6) is 5.75 Å². The lowest BCUT2D eigenvalue weighted by Gasteiger charge is -2.50. The van der Waals surface area contributed by atoms with E-state index in [0.29, 0.717) is 77.9 Å². The van der Waals surface area contributed by atoms with Crippen LogP contribution in [-0.2, 0) is 28.5 Å². The Bertz CT molecular complexity index is 2910. The molecule has 352 valence electrons. The van der Waals surface area contributed by atoms with E-state index < -0.39 is 6.23 Å². The highest BCUT2D eigenvalue weighted by atomic mass is 19.1. The molecule has 0 bridgehead atoms. The largest absolute Gasteiger partial charge is 0.496 e. The smallest absolute Gasteiger partial charge is 0.225 e. The summed E-state index contributed by atoms with van der Waals surface area (Å²) >= 11 is 0. The highest BCUT2D eigenvalue weighted by Crippen LogP contribution is 2.66. The van der Waals surface area contributed by atoms with Crippen LogP contribution in [0.2, 0.25) is 0 Å². The maximum Gasteiger partial charge on any atom is 0.225 e. The minimum Gasteiger partial charge on any atom is -0.496 e. The van der Waals surface area contributed by atoms with Crippen molar-refractivity contribution in [3.05, 3.63) is 130 Å². The molecule has 4 heterocycles. The molecule has 2 saturated carbocycles. The molecule has 6 aromatic rings. The van der Waals surface area contributed by atoms with Gasteiger partial charge in [-0.3, -0.25) is 20.0 Å². The monoisotopic (exact) mass is 919 g/mol. The second kappa shape index (κ2) is 16.6. The average molecular weight is 920 g/mol. The normalized spacial score (nSPS) is 29.8. The number of aromatic amines is 2. The third-order valence-corrected chi connectivity index (χ3v) is 18.1. The van der Waals surface area contributed by atoms with Crippen molar-refractivity contribution < 1.29 is 23.4 Å². The van der Waals surface area contributed by atoms with Crippen molar-refractivity contribution in [2.75, 3.05) is 17.7 Å². The molecule has 5 N–H and O–H groups in total. The number of carbonyl (C=O) groups is 1. The Morgan fingerprint density at radius 3 is 2.16 bits per heavy atom. The Morgan fingerprint density at radius 1 is 0.809 bits per heavy atom. The number of ether oxygens (including phenoxy) is 1. The zero-order valence-corrected chi connectivity index (χ0v) is 38.9. The van der Waals surface area contributed by atoms with Gasteiger partial charge in [0.25, 0.3) is 0 Å². The van der Waals surface area contributed by atoms with Crippen molar-refractivity contribution in [3.63, 3.8) is 0 Å². The summed E-state index contributed by atoms with van der Waals surface area (Å²) in [7, 11) is 1.58. The van der Waals surface area contributed by atoms with Crippen LogP contribution in [0.4, 0.5) is 20.4 Å². The van der Waals surface area contributed by atoms with E-state index in [-0.39, 0.29) is 52.0 Å². The number of amides is 1. The zero-order valence-electron chi connectivity index (χ0n) is 38.9. The van der Waals surface area contributed by atoms with Crippen molar-refractivity contribution in [1.82, 2.24) is 35.3 Å². The molecule has 2 fully saturated rings. The Kier molecular flexibility index (Phi) is 10.6.